The van der Waals surface area contributed by atoms with Crippen LogP contribution in [0.1, 0.15) is 15.9 Å². The van der Waals surface area contributed by atoms with E-state index in [1.165, 1.54) is 30.3 Å². The number of carbonyl (C=O) groups is 3. The molecule has 0 radical (unpaired) electrons. The number of aryl methyl sites for hydroxylation is 1. The number of para-hydroxylation sites is 1. The molecule has 0 bridgehead atoms. The fraction of sp³-hybridized carbons (Fsp3) is 0.0417. The van der Waals surface area contributed by atoms with Crippen molar-refractivity contribution in [3.05, 3.63) is 99.4 Å². The van der Waals surface area contributed by atoms with Gasteiger partial charge in [-0.2, -0.15) is 0 Å². The highest BCUT2D eigenvalue weighted by molar-refractivity contribution is 6.53. The molecule has 1 aliphatic heterocycles. The van der Waals surface area contributed by atoms with Gasteiger partial charge in [-0.1, -0.05) is 41.4 Å². The van der Waals surface area contributed by atoms with Crippen LogP contribution in [0.3, 0.4) is 0 Å². The van der Waals surface area contributed by atoms with Crippen molar-refractivity contribution in [3.8, 4) is 0 Å². The molecule has 3 aromatic rings. The number of imide groups is 1. The summed E-state index contributed by atoms with van der Waals surface area (Å²) in [5.74, 6) is -2.69. The smallest absolute Gasteiger partial charge is 0.283 e. The maximum atomic E-state index is 14.1. The summed E-state index contributed by atoms with van der Waals surface area (Å²) < 4.78 is 14.1. The van der Waals surface area contributed by atoms with E-state index in [-0.39, 0.29) is 22.3 Å². The van der Waals surface area contributed by atoms with Gasteiger partial charge in [-0.3, -0.25) is 14.4 Å². The minimum Gasteiger partial charge on any atom is -0.350 e. The van der Waals surface area contributed by atoms with Gasteiger partial charge in [0.1, 0.15) is 16.5 Å². The Kier molecular flexibility index (Phi) is 6.18. The number of nitrogens with zero attached hydrogens (tertiary/aromatic N) is 1. The summed E-state index contributed by atoms with van der Waals surface area (Å²) in [7, 11) is 0. The van der Waals surface area contributed by atoms with Gasteiger partial charge in [-0.15, -0.1) is 0 Å². The molecule has 0 unspecified atom stereocenters. The molecular formula is C24H16Cl2FN3O3. The van der Waals surface area contributed by atoms with Crippen LogP contribution in [0, 0.1) is 12.7 Å². The van der Waals surface area contributed by atoms with Crippen LogP contribution < -0.4 is 15.5 Å². The minimum atomic E-state index is -0.831. The van der Waals surface area contributed by atoms with E-state index in [9.17, 15) is 18.8 Å². The van der Waals surface area contributed by atoms with Crippen molar-refractivity contribution in [2.24, 2.45) is 0 Å². The molecule has 2 N–H and O–H groups in total. The number of hydrogen-bond donors (Lipinski definition) is 2. The second kappa shape index (κ2) is 9.05. The molecular weight excluding hydrogens is 468 g/mol. The third-order valence-electron chi connectivity index (χ3n) is 4.97. The average Bonchev–Trinajstić information content (AvgIpc) is 3.00. The summed E-state index contributed by atoms with van der Waals surface area (Å²) >= 11 is 12.2. The van der Waals surface area contributed by atoms with Crippen molar-refractivity contribution < 1.29 is 18.8 Å². The van der Waals surface area contributed by atoms with Crippen molar-refractivity contribution in [3.63, 3.8) is 0 Å². The number of rotatable bonds is 5. The molecule has 166 valence electrons. The maximum absolute atomic E-state index is 14.1. The average molecular weight is 484 g/mol. The number of nitrogens with one attached hydrogen (secondary N) is 2. The highest BCUT2D eigenvalue weighted by Gasteiger charge is 2.40. The van der Waals surface area contributed by atoms with E-state index in [0.717, 1.165) is 11.6 Å². The number of carbonyl (C=O) groups excluding carboxylic acids is 3. The van der Waals surface area contributed by atoms with Gasteiger partial charge in [0.05, 0.1) is 5.69 Å². The van der Waals surface area contributed by atoms with Crippen LogP contribution in [-0.2, 0) is 9.59 Å². The summed E-state index contributed by atoms with van der Waals surface area (Å²) in [5, 5.41) is 5.72. The van der Waals surface area contributed by atoms with Gasteiger partial charge in [-0.25, -0.2) is 9.29 Å². The Morgan fingerprint density at radius 1 is 0.909 bits per heavy atom. The quantitative estimate of drug-likeness (QED) is 0.471. The van der Waals surface area contributed by atoms with Gasteiger partial charge in [0, 0.05) is 22.0 Å². The molecule has 0 saturated carbocycles. The molecule has 0 aliphatic carbocycles. The van der Waals surface area contributed by atoms with Gasteiger partial charge >= 0.3 is 0 Å². The van der Waals surface area contributed by atoms with E-state index in [2.05, 4.69) is 10.6 Å². The molecule has 33 heavy (non-hydrogen) atoms. The molecule has 4 rings (SSSR count). The zero-order valence-corrected chi connectivity index (χ0v) is 18.7. The number of halogens is 3. The van der Waals surface area contributed by atoms with Crippen LogP contribution in [0.4, 0.5) is 21.5 Å². The predicted octanol–water partition coefficient (Wildman–Crippen LogP) is 5.48. The first kappa shape index (κ1) is 22.5. The molecule has 0 fully saturated rings. The molecule has 1 aliphatic rings. The highest BCUT2D eigenvalue weighted by atomic mass is 35.5. The molecule has 0 atom stereocenters. The van der Waals surface area contributed by atoms with E-state index in [1.807, 2.05) is 6.92 Å². The van der Waals surface area contributed by atoms with E-state index in [0.29, 0.717) is 26.9 Å². The molecule has 9 heteroatoms. The van der Waals surface area contributed by atoms with Gasteiger partial charge in [-0.05, 0) is 61.0 Å². The summed E-state index contributed by atoms with van der Waals surface area (Å²) in [4.78, 5) is 38.4. The zero-order valence-electron chi connectivity index (χ0n) is 17.2. The Hall–Kier alpha value is -3.68. The van der Waals surface area contributed by atoms with Crippen LogP contribution in [0.25, 0.3) is 0 Å². The molecule has 0 spiro atoms. The van der Waals surface area contributed by atoms with Crippen LogP contribution in [0.15, 0.2) is 77.5 Å². The minimum absolute atomic E-state index is 0.184. The van der Waals surface area contributed by atoms with Crippen molar-refractivity contribution in [2.45, 2.75) is 6.92 Å². The zero-order chi connectivity index (χ0) is 23.7. The number of anilines is 3. The molecule has 0 saturated heterocycles. The molecule has 0 aromatic heterocycles. The standard InChI is InChI=1S/C24H16Cl2FN3O3/c1-13-6-9-16(12-17(13)25)29-22(31)14-7-10-15(11-8-14)28-21-20(26)23(32)30(24(21)33)19-5-3-2-4-18(19)27/h2-12,28H,1H3,(H,29,31). The highest BCUT2D eigenvalue weighted by Crippen LogP contribution is 2.31. The Morgan fingerprint density at radius 3 is 2.24 bits per heavy atom. The van der Waals surface area contributed by atoms with Gasteiger partial charge in [0.25, 0.3) is 17.7 Å². The summed E-state index contributed by atoms with van der Waals surface area (Å²) in [6, 6.07) is 16.8. The topological polar surface area (TPSA) is 78.5 Å². The largest absolute Gasteiger partial charge is 0.350 e. The van der Waals surface area contributed by atoms with Crippen LogP contribution >= 0.6 is 23.2 Å². The maximum Gasteiger partial charge on any atom is 0.283 e. The van der Waals surface area contributed by atoms with E-state index in [1.54, 1.807) is 30.3 Å². The molecule has 6 nitrogen and oxygen atoms in total. The van der Waals surface area contributed by atoms with Crippen LogP contribution in [-0.4, -0.2) is 17.7 Å². The molecule has 3 amide bonds. The number of hydrogen-bond acceptors (Lipinski definition) is 4. The molecule has 1 heterocycles. The first-order valence-corrected chi connectivity index (χ1v) is 10.5. The van der Waals surface area contributed by atoms with Crippen molar-refractivity contribution >= 4 is 58.0 Å². The van der Waals surface area contributed by atoms with Gasteiger partial charge < -0.3 is 10.6 Å². The molecule has 3 aromatic carbocycles. The summed E-state index contributed by atoms with van der Waals surface area (Å²) in [6.45, 7) is 1.86. The summed E-state index contributed by atoms with van der Waals surface area (Å²) in [6.07, 6.45) is 0. The van der Waals surface area contributed by atoms with Crippen molar-refractivity contribution in [1.29, 1.82) is 0 Å². The number of benzene rings is 3. The van der Waals surface area contributed by atoms with E-state index < -0.39 is 17.6 Å². The SMILES string of the molecule is Cc1ccc(NC(=O)c2ccc(NC3=C(Cl)C(=O)N(c4ccccc4F)C3=O)cc2)cc1Cl. The fourth-order valence-corrected chi connectivity index (χ4v) is 3.58. The Balaban J connectivity index is 1.49. The Bertz CT molecular complexity index is 1320. The lowest BCUT2D eigenvalue weighted by molar-refractivity contribution is -0.120. The second-order valence-corrected chi connectivity index (χ2v) is 7.99. The number of amides is 3. The fourth-order valence-electron chi connectivity index (χ4n) is 3.19. The van der Waals surface area contributed by atoms with Gasteiger partial charge in [0.2, 0.25) is 0 Å². The Morgan fingerprint density at radius 2 is 1.58 bits per heavy atom. The Labute approximate surface area is 198 Å². The van der Waals surface area contributed by atoms with Crippen LogP contribution in [0.5, 0.6) is 0 Å². The van der Waals surface area contributed by atoms with E-state index >= 15 is 0 Å². The lowest BCUT2D eigenvalue weighted by Gasteiger charge is -2.15. The third-order valence-corrected chi connectivity index (χ3v) is 5.72. The van der Waals surface area contributed by atoms with Crippen LogP contribution in [0.2, 0.25) is 5.02 Å². The predicted molar refractivity (Wildman–Crippen MR) is 126 cm³/mol. The third kappa shape index (κ3) is 4.46. The summed E-state index contributed by atoms with van der Waals surface area (Å²) in [5.41, 5.74) is 1.85. The lowest BCUT2D eigenvalue weighted by Crippen LogP contribution is -2.33. The second-order valence-electron chi connectivity index (χ2n) is 7.21. The lowest BCUT2D eigenvalue weighted by atomic mass is 10.1. The van der Waals surface area contributed by atoms with Gasteiger partial charge in [0.15, 0.2) is 0 Å². The van der Waals surface area contributed by atoms with Crippen molar-refractivity contribution in [2.75, 3.05) is 15.5 Å². The first-order chi connectivity index (χ1) is 15.8. The van der Waals surface area contributed by atoms with Crippen molar-refractivity contribution in [1.82, 2.24) is 0 Å². The van der Waals surface area contributed by atoms with E-state index in [4.69, 9.17) is 23.2 Å². The first-order valence-electron chi connectivity index (χ1n) is 9.74. The monoisotopic (exact) mass is 483 g/mol. The normalized spacial score (nSPS) is 13.5.